The minimum atomic E-state index is -3.85. The Morgan fingerprint density at radius 2 is 1.57 bits per heavy atom. The third kappa shape index (κ3) is 6.97. The number of halogens is 3. The molecule has 37 heavy (non-hydrogen) atoms. The van der Waals surface area contributed by atoms with Crippen molar-refractivity contribution < 1.29 is 18.3 Å². The number of nitrogens with one attached hydrogen (secondary N) is 1. The Bertz CT molecular complexity index is 1380. The number of hydrogen-bond donors (Lipinski definition) is 2. The molecule has 0 radical (unpaired) electrons. The van der Waals surface area contributed by atoms with Gasteiger partial charge in [-0.05, 0) is 74.3 Å². The van der Waals surface area contributed by atoms with Crippen molar-refractivity contribution in [2.75, 3.05) is 42.3 Å². The summed E-state index contributed by atoms with van der Waals surface area (Å²) in [5, 5.41) is 10.3. The van der Waals surface area contributed by atoms with Crippen molar-refractivity contribution in [2.24, 2.45) is 0 Å². The van der Waals surface area contributed by atoms with Gasteiger partial charge in [-0.3, -0.25) is 4.72 Å². The van der Waals surface area contributed by atoms with Crippen LogP contribution in [0.25, 0.3) is 10.9 Å². The van der Waals surface area contributed by atoms with Crippen molar-refractivity contribution in [3.8, 4) is 0 Å². The molecule has 3 aromatic rings. The van der Waals surface area contributed by atoms with Crippen LogP contribution in [0.2, 0.25) is 0 Å². The number of rotatable bonds is 6. The molecule has 0 bridgehead atoms. The number of anilines is 2. The average Bonchev–Trinajstić information content (AvgIpc) is 2.80. The van der Waals surface area contributed by atoms with E-state index in [4.69, 9.17) is 4.98 Å². The minimum absolute atomic E-state index is 0. The predicted molar refractivity (Wildman–Crippen MR) is 156 cm³/mol. The fourth-order valence-electron chi connectivity index (χ4n) is 4.34. The summed E-state index contributed by atoms with van der Waals surface area (Å²) < 4.78 is 28.8. The van der Waals surface area contributed by atoms with Crippen molar-refractivity contribution >= 4 is 75.6 Å². The predicted octanol–water partition coefficient (Wildman–Crippen LogP) is 5.07. The van der Waals surface area contributed by atoms with Gasteiger partial charge >= 0.3 is 5.97 Å². The topological polar surface area (TPSA) is 103 Å². The van der Waals surface area contributed by atoms with E-state index in [0.717, 1.165) is 43.9 Å². The second kappa shape index (κ2) is 13.0. The van der Waals surface area contributed by atoms with Gasteiger partial charge in [-0.15, -0.1) is 37.2 Å². The molecule has 1 aromatic heterocycles. The number of hydrogen-bond acceptors (Lipinski definition) is 6. The highest BCUT2D eigenvalue weighted by atomic mass is 35.5. The Morgan fingerprint density at radius 3 is 2.16 bits per heavy atom. The molecule has 0 atom stereocenters. The van der Waals surface area contributed by atoms with Crippen LogP contribution in [0.15, 0.2) is 41.3 Å². The van der Waals surface area contributed by atoms with Gasteiger partial charge in [0.15, 0.2) is 0 Å². The monoisotopic (exact) mass is 590 g/mol. The molecule has 0 unspecified atom stereocenters. The van der Waals surface area contributed by atoms with E-state index in [9.17, 15) is 18.3 Å². The molecular weight excluding hydrogens is 559 g/mol. The quantitative estimate of drug-likeness (QED) is 0.413. The lowest BCUT2D eigenvalue weighted by atomic mass is 10.1. The molecule has 1 aliphatic rings. The zero-order chi connectivity index (χ0) is 24.6. The highest BCUT2D eigenvalue weighted by Crippen LogP contribution is 2.29. The van der Waals surface area contributed by atoms with Gasteiger partial charge < -0.3 is 14.9 Å². The lowest BCUT2D eigenvalue weighted by molar-refractivity contribution is 0.0699. The van der Waals surface area contributed by atoms with Crippen LogP contribution in [0.4, 0.5) is 11.5 Å². The maximum atomic E-state index is 13.1. The van der Waals surface area contributed by atoms with Crippen molar-refractivity contribution in [1.29, 1.82) is 0 Å². The van der Waals surface area contributed by atoms with Crippen LogP contribution in [0, 0.1) is 20.8 Å². The number of nitrogens with zero attached hydrogens (tertiary/aromatic N) is 3. The largest absolute Gasteiger partial charge is 0.478 e. The number of pyridine rings is 1. The lowest BCUT2D eigenvalue weighted by Crippen LogP contribution is -2.46. The molecule has 204 valence electrons. The second-order valence-corrected chi connectivity index (χ2v) is 10.4. The van der Waals surface area contributed by atoms with Crippen molar-refractivity contribution in [3.63, 3.8) is 0 Å². The average molecular weight is 592 g/mol. The Labute approximate surface area is 236 Å². The van der Waals surface area contributed by atoms with Crippen LogP contribution in [-0.4, -0.2) is 62.1 Å². The smallest absolute Gasteiger partial charge is 0.336 e. The summed E-state index contributed by atoms with van der Waals surface area (Å²) in [7, 11) is -3.85. The van der Waals surface area contributed by atoms with Gasteiger partial charge in [0.2, 0.25) is 0 Å². The van der Waals surface area contributed by atoms with E-state index in [-0.39, 0.29) is 47.7 Å². The normalized spacial score (nSPS) is 13.8. The summed E-state index contributed by atoms with van der Waals surface area (Å²) in [6, 6.07) is 9.91. The zero-order valence-electron chi connectivity index (χ0n) is 21.1. The summed E-state index contributed by atoms with van der Waals surface area (Å²) in [5.74, 6) is -0.453. The Kier molecular flexibility index (Phi) is 11.5. The fourth-order valence-corrected chi connectivity index (χ4v) is 5.70. The Balaban J connectivity index is 0.00000228. The number of likely N-dealkylation sites (N-methyl/N-ethyl adjacent to an activating group) is 1. The summed E-state index contributed by atoms with van der Waals surface area (Å²) >= 11 is 0. The lowest BCUT2D eigenvalue weighted by Gasteiger charge is -2.35. The highest BCUT2D eigenvalue weighted by molar-refractivity contribution is 7.92. The van der Waals surface area contributed by atoms with Gasteiger partial charge in [-0.2, -0.15) is 0 Å². The van der Waals surface area contributed by atoms with E-state index < -0.39 is 16.0 Å². The summed E-state index contributed by atoms with van der Waals surface area (Å²) in [6.45, 7) is 12.0. The van der Waals surface area contributed by atoms with E-state index in [2.05, 4.69) is 21.4 Å². The number of aryl methyl sites for hydroxylation is 3. The number of benzene rings is 2. The first-order valence-electron chi connectivity index (χ1n) is 11.3. The van der Waals surface area contributed by atoms with E-state index >= 15 is 0 Å². The molecule has 0 aliphatic carbocycles. The van der Waals surface area contributed by atoms with Crippen LogP contribution >= 0.6 is 37.2 Å². The van der Waals surface area contributed by atoms with Crippen LogP contribution in [-0.2, 0) is 10.0 Å². The number of aromatic nitrogens is 1. The summed E-state index contributed by atoms with van der Waals surface area (Å²) in [4.78, 5) is 21.4. The SMILES string of the molecule is CCN1CCN(c2cc(C(=O)O)c3cc(NS(=O)(=O)c4cc(C)c(C)cc4C)ccc3n2)CC1.Cl.Cl.Cl. The first-order valence-corrected chi connectivity index (χ1v) is 12.8. The third-order valence-corrected chi connectivity index (χ3v) is 8.03. The molecule has 8 nitrogen and oxygen atoms in total. The maximum Gasteiger partial charge on any atom is 0.336 e. The van der Waals surface area contributed by atoms with Crippen LogP contribution in [0.1, 0.15) is 34.0 Å². The summed E-state index contributed by atoms with van der Waals surface area (Å²) in [5.41, 5.74) is 3.45. The third-order valence-electron chi connectivity index (χ3n) is 6.50. The molecule has 0 saturated carbocycles. The van der Waals surface area contributed by atoms with Crippen LogP contribution in [0.5, 0.6) is 0 Å². The van der Waals surface area contributed by atoms with Gasteiger partial charge in [0.25, 0.3) is 10.0 Å². The van der Waals surface area contributed by atoms with Gasteiger partial charge in [0.05, 0.1) is 16.0 Å². The number of fused-ring (bicyclic) bond motifs is 1. The molecule has 1 saturated heterocycles. The van der Waals surface area contributed by atoms with E-state index in [1.807, 2.05) is 19.9 Å². The number of piperazine rings is 1. The molecule has 2 N–H and O–H groups in total. The Hall–Kier alpha value is -2.30. The van der Waals surface area contributed by atoms with Gasteiger partial charge in [0, 0.05) is 37.3 Å². The van der Waals surface area contributed by atoms with E-state index in [1.54, 1.807) is 37.3 Å². The van der Waals surface area contributed by atoms with E-state index in [0.29, 0.717) is 28.0 Å². The maximum absolute atomic E-state index is 13.1. The summed E-state index contributed by atoms with van der Waals surface area (Å²) in [6.07, 6.45) is 0. The Morgan fingerprint density at radius 1 is 0.946 bits per heavy atom. The first kappa shape index (κ1) is 32.7. The van der Waals surface area contributed by atoms with E-state index in [1.165, 1.54) is 0 Å². The zero-order valence-corrected chi connectivity index (χ0v) is 24.4. The molecule has 1 aliphatic heterocycles. The van der Waals surface area contributed by atoms with Gasteiger partial charge in [-0.25, -0.2) is 18.2 Å². The highest BCUT2D eigenvalue weighted by Gasteiger charge is 2.22. The second-order valence-electron chi connectivity index (χ2n) is 8.79. The number of carbonyl (C=O) groups is 1. The number of aromatic carboxylic acids is 1. The van der Waals surface area contributed by atoms with Gasteiger partial charge in [-0.1, -0.05) is 13.0 Å². The number of carboxylic acids is 1. The molecule has 0 spiro atoms. The molecule has 1 fully saturated rings. The first-order chi connectivity index (χ1) is 16.1. The van der Waals surface area contributed by atoms with Crippen molar-refractivity contribution in [2.45, 2.75) is 32.6 Å². The number of carboxylic acid groups (broad SMARTS) is 1. The molecule has 4 rings (SSSR count). The molecule has 2 aromatic carbocycles. The van der Waals surface area contributed by atoms with Crippen molar-refractivity contribution in [3.05, 3.63) is 58.7 Å². The molecular formula is C25H33Cl3N4O4S. The molecule has 2 heterocycles. The number of sulfonamides is 1. The minimum Gasteiger partial charge on any atom is -0.478 e. The van der Waals surface area contributed by atoms with Crippen LogP contribution < -0.4 is 9.62 Å². The van der Waals surface area contributed by atoms with Crippen molar-refractivity contribution in [1.82, 2.24) is 9.88 Å². The molecule has 12 heteroatoms. The van der Waals surface area contributed by atoms with Crippen LogP contribution in [0.3, 0.4) is 0 Å². The fraction of sp³-hybridized carbons (Fsp3) is 0.360. The standard InChI is InChI=1S/C25H30N4O4S.3ClH/c1-5-28-8-10-29(11-9-28)24-15-21(25(30)31)20-14-19(6-7-22(20)26-24)27-34(32,33)23-13-17(3)16(2)12-18(23)4;;;/h6-7,12-15,27H,5,8-11H2,1-4H3,(H,30,31);3*1H. The molecule has 0 amide bonds. The van der Waals surface area contributed by atoms with Gasteiger partial charge in [0.1, 0.15) is 5.82 Å².